The number of Topliss-reactive ketones (excluding diaryl/α,β-unsaturated/α-hetero) is 1. The number of rotatable bonds is 0. The van der Waals surface area contributed by atoms with Crippen molar-refractivity contribution in [2.24, 2.45) is 11.8 Å². The van der Waals surface area contributed by atoms with Crippen LogP contribution >= 0.6 is 0 Å². The first kappa shape index (κ1) is 13.5. The Morgan fingerprint density at radius 2 is 1.89 bits per heavy atom. The highest BCUT2D eigenvalue weighted by Gasteiger charge is 2.39. The normalized spacial score (nSPS) is 38.8. The summed E-state index contributed by atoms with van der Waals surface area (Å²) >= 11 is 0. The summed E-state index contributed by atoms with van der Waals surface area (Å²) in [6.07, 6.45) is 4.15. The van der Waals surface area contributed by atoms with Crippen molar-refractivity contribution in [1.82, 2.24) is 0 Å². The molecule has 0 bridgehead atoms. The first-order valence-electron chi connectivity index (χ1n) is 6.98. The van der Waals surface area contributed by atoms with E-state index in [0.717, 1.165) is 25.7 Å². The third kappa shape index (κ3) is 3.10. The fourth-order valence-electron chi connectivity index (χ4n) is 3.17. The maximum Gasteiger partial charge on any atom is 0.306 e. The van der Waals surface area contributed by atoms with Crippen molar-refractivity contribution in [3.8, 4) is 0 Å². The second kappa shape index (κ2) is 5.83. The number of hydrogen-bond acceptors (Lipinski definition) is 4. The number of esters is 1. The molecule has 2 aliphatic rings. The Labute approximate surface area is 108 Å². The second-order valence-corrected chi connectivity index (χ2v) is 5.63. The lowest BCUT2D eigenvalue weighted by atomic mass is 9.72. The van der Waals surface area contributed by atoms with Gasteiger partial charge in [-0.15, -0.1) is 0 Å². The molecule has 18 heavy (non-hydrogen) atoms. The van der Waals surface area contributed by atoms with Gasteiger partial charge >= 0.3 is 5.97 Å². The number of carbonyl (C=O) groups is 2. The van der Waals surface area contributed by atoms with Gasteiger partial charge in [0, 0.05) is 18.3 Å². The smallest absolute Gasteiger partial charge is 0.306 e. The number of aliphatic hydroxyl groups is 1. The molecule has 1 aliphatic heterocycles. The summed E-state index contributed by atoms with van der Waals surface area (Å²) in [7, 11) is 0. The molecule has 1 aliphatic carbocycles. The fourth-order valence-corrected chi connectivity index (χ4v) is 3.17. The number of carbonyl (C=O) groups excluding carboxylic acids is 2. The van der Waals surface area contributed by atoms with Crippen LogP contribution in [0.1, 0.15) is 51.9 Å². The molecular formula is C14H22O4. The number of aliphatic hydroxyl groups excluding tert-OH is 1. The van der Waals surface area contributed by atoms with E-state index in [0.29, 0.717) is 12.8 Å². The van der Waals surface area contributed by atoms with E-state index in [1.807, 2.05) is 6.92 Å². The van der Waals surface area contributed by atoms with Crippen LogP contribution in [0.3, 0.4) is 0 Å². The van der Waals surface area contributed by atoms with Gasteiger partial charge < -0.3 is 9.84 Å². The Kier molecular flexibility index (Phi) is 4.38. The van der Waals surface area contributed by atoms with E-state index in [1.165, 1.54) is 0 Å². The molecule has 1 N–H and O–H groups in total. The maximum atomic E-state index is 11.9. The highest BCUT2D eigenvalue weighted by molar-refractivity contribution is 5.83. The first-order chi connectivity index (χ1) is 8.58. The van der Waals surface area contributed by atoms with E-state index in [2.05, 4.69) is 0 Å². The fraction of sp³-hybridized carbons (Fsp3) is 0.857. The van der Waals surface area contributed by atoms with Gasteiger partial charge in [0.15, 0.2) is 0 Å². The van der Waals surface area contributed by atoms with Gasteiger partial charge in [-0.2, -0.15) is 0 Å². The lowest BCUT2D eigenvalue weighted by Gasteiger charge is -2.35. The van der Waals surface area contributed by atoms with Gasteiger partial charge in [-0.3, -0.25) is 9.59 Å². The van der Waals surface area contributed by atoms with Crippen molar-refractivity contribution in [1.29, 1.82) is 0 Å². The molecule has 0 aromatic carbocycles. The van der Waals surface area contributed by atoms with Crippen molar-refractivity contribution < 1.29 is 19.4 Å². The van der Waals surface area contributed by atoms with Crippen molar-refractivity contribution in [3.63, 3.8) is 0 Å². The number of hydrogen-bond donors (Lipinski definition) is 1. The summed E-state index contributed by atoms with van der Waals surface area (Å²) in [6, 6.07) is 0. The zero-order chi connectivity index (χ0) is 13.1. The van der Waals surface area contributed by atoms with Crippen LogP contribution in [0, 0.1) is 11.8 Å². The Morgan fingerprint density at radius 3 is 2.67 bits per heavy atom. The van der Waals surface area contributed by atoms with E-state index >= 15 is 0 Å². The van der Waals surface area contributed by atoms with Crippen molar-refractivity contribution in [2.45, 2.75) is 64.1 Å². The minimum Gasteiger partial charge on any atom is -0.463 e. The summed E-state index contributed by atoms with van der Waals surface area (Å²) in [5.41, 5.74) is 0. The van der Waals surface area contributed by atoms with Gasteiger partial charge in [-0.05, 0) is 32.6 Å². The lowest BCUT2D eigenvalue weighted by Crippen LogP contribution is -2.40. The average Bonchev–Trinajstić information content (AvgIpc) is 2.31. The number of ether oxygens (including phenoxy) is 1. The number of cyclic esters (lactones) is 1. The van der Waals surface area contributed by atoms with Gasteiger partial charge in [-0.1, -0.05) is 6.42 Å². The van der Waals surface area contributed by atoms with Crippen LogP contribution in [-0.4, -0.2) is 29.1 Å². The van der Waals surface area contributed by atoms with Gasteiger partial charge in [0.25, 0.3) is 0 Å². The third-order valence-corrected chi connectivity index (χ3v) is 4.22. The molecule has 4 atom stereocenters. The molecule has 4 nitrogen and oxygen atoms in total. The first-order valence-corrected chi connectivity index (χ1v) is 6.98. The highest BCUT2D eigenvalue weighted by atomic mass is 16.5. The average molecular weight is 254 g/mol. The van der Waals surface area contributed by atoms with Crippen LogP contribution in [0.25, 0.3) is 0 Å². The summed E-state index contributed by atoms with van der Waals surface area (Å²) in [5, 5.41) is 10.0. The number of ketones is 1. The summed E-state index contributed by atoms with van der Waals surface area (Å²) in [5.74, 6) is -0.432. The van der Waals surface area contributed by atoms with Crippen LogP contribution in [0.2, 0.25) is 0 Å². The van der Waals surface area contributed by atoms with E-state index in [4.69, 9.17) is 4.74 Å². The molecule has 102 valence electrons. The van der Waals surface area contributed by atoms with Crippen molar-refractivity contribution >= 4 is 11.8 Å². The minimum absolute atomic E-state index is 0.0505. The molecule has 0 aromatic rings. The van der Waals surface area contributed by atoms with Crippen LogP contribution in [0.15, 0.2) is 0 Å². The quantitative estimate of drug-likeness (QED) is 0.670. The van der Waals surface area contributed by atoms with Crippen LogP contribution in [-0.2, 0) is 14.3 Å². The Morgan fingerprint density at radius 1 is 1.17 bits per heavy atom. The van der Waals surface area contributed by atoms with Crippen molar-refractivity contribution in [3.05, 3.63) is 0 Å². The largest absolute Gasteiger partial charge is 0.463 e. The summed E-state index contributed by atoms with van der Waals surface area (Å²) in [4.78, 5) is 23.7. The third-order valence-electron chi connectivity index (χ3n) is 4.22. The van der Waals surface area contributed by atoms with E-state index in [1.54, 1.807) is 0 Å². The molecule has 0 amide bonds. The van der Waals surface area contributed by atoms with E-state index in [9.17, 15) is 14.7 Å². The molecule has 0 aromatic heterocycles. The van der Waals surface area contributed by atoms with Crippen LogP contribution in [0.4, 0.5) is 0 Å². The van der Waals surface area contributed by atoms with Crippen LogP contribution in [0.5, 0.6) is 0 Å². The molecule has 1 saturated heterocycles. The molecule has 1 heterocycles. The zero-order valence-electron chi connectivity index (χ0n) is 10.9. The molecule has 0 radical (unpaired) electrons. The molecule has 4 heteroatoms. The van der Waals surface area contributed by atoms with E-state index < -0.39 is 6.10 Å². The van der Waals surface area contributed by atoms with Gasteiger partial charge in [0.1, 0.15) is 5.78 Å². The monoisotopic (exact) mass is 254 g/mol. The minimum atomic E-state index is -0.532. The molecule has 2 rings (SSSR count). The SMILES string of the molecule is C[C@H]1CCCC[C@H]2C(=O)CC[C@H](O)[C@@H]2CC(=O)O1. The van der Waals surface area contributed by atoms with E-state index in [-0.39, 0.29) is 36.1 Å². The lowest BCUT2D eigenvalue weighted by molar-refractivity contribution is -0.153. The van der Waals surface area contributed by atoms with Gasteiger partial charge in [0.05, 0.1) is 18.6 Å². The highest BCUT2D eigenvalue weighted by Crippen LogP contribution is 2.35. The molecule has 0 unspecified atom stereocenters. The van der Waals surface area contributed by atoms with Gasteiger partial charge in [0.2, 0.25) is 0 Å². The predicted molar refractivity (Wildman–Crippen MR) is 65.9 cm³/mol. The van der Waals surface area contributed by atoms with Crippen molar-refractivity contribution in [2.75, 3.05) is 0 Å². The maximum absolute atomic E-state index is 11.9. The summed E-state index contributed by atoms with van der Waals surface area (Å²) < 4.78 is 5.30. The topological polar surface area (TPSA) is 63.6 Å². The zero-order valence-corrected chi connectivity index (χ0v) is 10.9. The standard InChI is InChI=1S/C14H22O4/c1-9-4-2-3-5-10-11(8-14(17)18-9)13(16)7-6-12(10)15/h9-11,13,16H,2-8H2,1H3/t9-,10+,11+,13-/m0/s1. The van der Waals surface area contributed by atoms with Gasteiger partial charge in [-0.25, -0.2) is 0 Å². The Hall–Kier alpha value is -0.900. The molecule has 0 spiro atoms. The Balaban J connectivity index is 2.11. The number of fused-ring (bicyclic) bond motifs is 1. The predicted octanol–water partition coefficient (Wildman–Crippen LogP) is 1.84. The second-order valence-electron chi connectivity index (χ2n) is 5.63. The molecule has 2 fully saturated rings. The Bertz CT molecular complexity index is 326. The molecule has 1 saturated carbocycles. The molecular weight excluding hydrogens is 232 g/mol. The summed E-state index contributed by atoms with van der Waals surface area (Å²) in [6.45, 7) is 1.90. The van der Waals surface area contributed by atoms with Crippen LogP contribution < -0.4 is 0 Å².